The van der Waals surface area contributed by atoms with Gasteiger partial charge in [0, 0.05) is 11.3 Å². The Morgan fingerprint density at radius 2 is 1.71 bits per heavy atom. The third-order valence-corrected chi connectivity index (χ3v) is 9.08. The van der Waals surface area contributed by atoms with Gasteiger partial charge in [-0.15, -0.1) is 0 Å². The number of allylic oxidation sites excluding steroid dienone is 2. The number of ether oxygens (including phenoxy) is 2. The van der Waals surface area contributed by atoms with Crippen LogP contribution in [-0.4, -0.2) is 47.7 Å². The summed E-state index contributed by atoms with van der Waals surface area (Å²) in [4.78, 5) is 39.5. The molecule has 1 N–H and O–H groups in total. The molecule has 3 aromatic carbocycles. The van der Waals surface area contributed by atoms with Crippen molar-refractivity contribution < 1.29 is 29.0 Å². The SMILES string of the molecule is COC(=O)N1C(=O)[C@@H]2[C@@H](CC(C(C)C)=C3[C@@H](CC/C(=C/c4ccc(O)c5ccccc45)c4ccccc4)OC[C@@H]32)C1=O. The number of carbonyl (C=O) groups excluding carboxylic acids is 3. The molecule has 0 unspecified atom stereocenters. The molecule has 1 aliphatic carbocycles. The van der Waals surface area contributed by atoms with Crippen molar-refractivity contribution in [2.45, 2.75) is 39.2 Å². The van der Waals surface area contributed by atoms with Gasteiger partial charge in [-0.2, -0.15) is 4.90 Å². The molecule has 216 valence electrons. The van der Waals surface area contributed by atoms with Crippen molar-refractivity contribution in [2.75, 3.05) is 13.7 Å². The molecule has 4 atom stereocenters. The predicted molar refractivity (Wildman–Crippen MR) is 160 cm³/mol. The second-order valence-corrected chi connectivity index (χ2v) is 11.7. The monoisotopic (exact) mass is 565 g/mol. The van der Waals surface area contributed by atoms with Gasteiger partial charge in [0.25, 0.3) is 0 Å². The second-order valence-electron chi connectivity index (χ2n) is 11.7. The zero-order chi connectivity index (χ0) is 29.5. The van der Waals surface area contributed by atoms with Gasteiger partial charge in [-0.25, -0.2) is 4.79 Å². The fourth-order valence-corrected chi connectivity index (χ4v) is 7.09. The van der Waals surface area contributed by atoms with Crippen LogP contribution < -0.4 is 0 Å². The van der Waals surface area contributed by atoms with E-state index in [1.807, 2.05) is 48.5 Å². The van der Waals surface area contributed by atoms with Crippen LogP contribution in [0.1, 0.15) is 44.2 Å². The lowest BCUT2D eigenvalue weighted by Crippen LogP contribution is -2.38. The largest absolute Gasteiger partial charge is 0.507 e. The first kappa shape index (κ1) is 27.9. The molecule has 3 amide bonds. The van der Waals surface area contributed by atoms with Crippen LogP contribution in [0, 0.1) is 23.7 Å². The van der Waals surface area contributed by atoms with Crippen LogP contribution in [0.15, 0.2) is 77.9 Å². The maximum Gasteiger partial charge on any atom is 0.423 e. The average Bonchev–Trinajstić information content (AvgIpc) is 3.53. The first-order valence-corrected chi connectivity index (χ1v) is 14.6. The van der Waals surface area contributed by atoms with E-state index in [2.05, 4.69) is 32.1 Å². The molecular formula is C35H35NO6. The standard InChI is InChI=1S/C35H35NO6/c1-20(2)26-18-27-32(34(39)36(33(27)38)35(40)41-3)28-19-42-30(31(26)28)16-14-22(21-9-5-4-6-10-21)17-23-13-15-29(37)25-12-8-7-11-24(23)25/h4-13,15,17,20,27-28,30,32,37H,14,16,18-19H2,1-3H3/b22-17-/t27-,28+,30-,32-/m1/s1. The number of hydrogen-bond donors (Lipinski definition) is 1. The van der Waals surface area contributed by atoms with Gasteiger partial charge in [0.05, 0.1) is 31.7 Å². The number of hydrogen-bond acceptors (Lipinski definition) is 6. The Kier molecular flexibility index (Phi) is 7.45. The van der Waals surface area contributed by atoms with E-state index >= 15 is 0 Å². The Hall–Kier alpha value is -4.23. The summed E-state index contributed by atoms with van der Waals surface area (Å²) in [5.74, 6) is -1.91. The van der Waals surface area contributed by atoms with Gasteiger partial charge >= 0.3 is 6.09 Å². The third kappa shape index (κ3) is 4.71. The van der Waals surface area contributed by atoms with Gasteiger partial charge in [0.2, 0.25) is 11.8 Å². The van der Waals surface area contributed by atoms with Crippen molar-refractivity contribution in [3.8, 4) is 5.75 Å². The van der Waals surface area contributed by atoms with E-state index in [9.17, 15) is 19.5 Å². The lowest BCUT2D eigenvalue weighted by molar-refractivity contribution is -0.137. The van der Waals surface area contributed by atoms with Crippen molar-refractivity contribution in [3.63, 3.8) is 0 Å². The smallest absolute Gasteiger partial charge is 0.423 e. The Labute approximate surface area is 245 Å². The van der Waals surface area contributed by atoms with Crippen LogP contribution in [0.4, 0.5) is 4.79 Å². The fraction of sp³-hybridized carbons (Fsp3) is 0.343. The highest BCUT2D eigenvalue weighted by molar-refractivity contribution is 6.16. The van der Waals surface area contributed by atoms with Gasteiger partial charge in [0.15, 0.2) is 0 Å². The van der Waals surface area contributed by atoms with Gasteiger partial charge in [-0.1, -0.05) is 86.2 Å². The number of aromatic hydroxyl groups is 1. The number of phenols is 1. The van der Waals surface area contributed by atoms with Crippen molar-refractivity contribution in [2.24, 2.45) is 23.7 Å². The van der Waals surface area contributed by atoms with E-state index in [-0.39, 0.29) is 23.7 Å². The first-order chi connectivity index (χ1) is 20.3. The topological polar surface area (TPSA) is 93.1 Å². The zero-order valence-electron chi connectivity index (χ0n) is 24.1. The summed E-state index contributed by atoms with van der Waals surface area (Å²) in [6.45, 7) is 4.57. The minimum atomic E-state index is -0.915. The summed E-state index contributed by atoms with van der Waals surface area (Å²) >= 11 is 0. The molecule has 0 radical (unpaired) electrons. The minimum Gasteiger partial charge on any atom is -0.507 e. The minimum absolute atomic E-state index is 0.176. The number of imide groups is 3. The fourth-order valence-electron chi connectivity index (χ4n) is 7.09. The maximum atomic E-state index is 13.4. The number of rotatable bonds is 6. The number of benzene rings is 3. The summed E-state index contributed by atoms with van der Waals surface area (Å²) in [6.07, 6.45) is 2.97. The number of phenolic OH excluding ortho intramolecular Hbond substituents is 1. The maximum absolute atomic E-state index is 13.4. The van der Waals surface area contributed by atoms with Crippen molar-refractivity contribution >= 4 is 40.3 Å². The molecule has 3 aliphatic rings. The summed E-state index contributed by atoms with van der Waals surface area (Å²) < 4.78 is 11.2. The molecule has 2 aliphatic heterocycles. The van der Waals surface area contributed by atoms with Crippen LogP contribution in [0.3, 0.4) is 0 Å². The third-order valence-electron chi connectivity index (χ3n) is 9.08. The van der Waals surface area contributed by atoms with Crippen LogP contribution in [0.2, 0.25) is 0 Å². The molecule has 0 bridgehead atoms. The van der Waals surface area contributed by atoms with Crippen LogP contribution in [0.25, 0.3) is 22.4 Å². The molecular weight excluding hydrogens is 530 g/mol. The van der Waals surface area contributed by atoms with Gasteiger partial charge in [-0.05, 0) is 58.9 Å². The molecule has 2 saturated heterocycles. The number of carbonyl (C=O) groups is 3. The molecule has 2 heterocycles. The Morgan fingerprint density at radius 3 is 2.43 bits per heavy atom. The van der Waals surface area contributed by atoms with E-state index in [1.165, 1.54) is 7.11 Å². The zero-order valence-corrected chi connectivity index (χ0v) is 24.1. The second kappa shape index (κ2) is 11.2. The lowest BCUT2D eigenvalue weighted by Gasteiger charge is -2.33. The molecule has 7 nitrogen and oxygen atoms in total. The Morgan fingerprint density at radius 1 is 1.00 bits per heavy atom. The quantitative estimate of drug-likeness (QED) is 0.206. The highest BCUT2D eigenvalue weighted by Gasteiger charge is 2.59. The number of methoxy groups -OCH3 is 1. The van der Waals surface area contributed by atoms with Crippen molar-refractivity contribution in [3.05, 3.63) is 89.0 Å². The van der Waals surface area contributed by atoms with Crippen LogP contribution >= 0.6 is 0 Å². The Bertz CT molecular complexity index is 1620. The van der Waals surface area contributed by atoms with Crippen LogP contribution in [-0.2, 0) is 19.1 Å². The number of amides is 3. The normalized spacial score (nSPS) is 24.0. The molecule has 3 aromatic rings. The Balaban J connectivity index is 1.33. The van der Waals surface area contributed by atoms with Crippen LogP contribution in [0.5, 0.6) is 5.75 Å². The predicted octanol–water partition coefficient (Wildman–Crippen LogP) is 6.61. The van der Waals surface area contributed by atoms with E-state index in [4.69, 9.17) is 9.47 Å². The van der Waals surface area contributed by atoms with E-state index < -0.39 is 29.7 Å². The molecule has 6 rings (SSSR count). The van der Waals surface area contributed by atoms with E-state index in [0.717, 1.165) is 45.0 Å². The highest BCUT2D eigenvalue weighted by atomic mass is 16.5. The van der Waals surface area contributed by atoms with E-state index in [1.54, 1.807) is 6.07 Å². The summed E-state index contributed by atoms with van der Waals surface area (Å²) in [6, 6.07) is 21.7. The van der Waals surface area contributed by atoms with Gasteiger partial charge in [0.1, 0.15) is 5.75 Å². The highest BCUT2D eigenvalue weighted by Crippen LogP contribution is 2.51. The lowest BCUT2D eigenvalue weighted by atomic mass is 9.67. The number of likely N-dealkylation sites (tertiary alicyclic amines) is 1. The molecule has 2 fully saturated rings. The molecule has 7 heteroatoms. The number of nitrogens with zero attached hydrogens (tertiary/aromatic N) is 1. The molecule has 0 aromatic heterocycles. The molecule has 0 spiro atoms. The summed E-state index contributed by atoms with van der Waals surface area (Å²) in [7, 11) is 1.18. The average molecular weight is 566 g/mol. The van der Waals surface area contributed by atoms with Crippen molar-refractivity contribution in [1.82, 2.24) is 4.90 Å². The summed E-state index contributed by atoms with van der Waals surface area (Å²) in [5.41, 5.74) is 5.56. The number of fused-ring (bicyclic) bond motifs is 4. The first-order valence-electron chi connectivity index (χ1n) is 14.6. The molecule has 0 saturated carbocycles. The van der Waals surface area contributed by atoms with Gasteiger partial charge in [-0.3, -0.25) is 9.59 Å². The van der Waals surface area contributed by atoms with Gasteiger partial charge < -0.3 is 14.6 Å². The summed E-state index contributed by atoms with van der Waals surface area (Å²) in [5, 5.41) is 12.2. The van der Waals surface area contributed by atoms with Crippen molar-refractivity contribution in [1.29, 1.82) is 0 Å². The van der Waals surface area contributed by atoms with E-state index in [0.29, 0.717) is 24.3 Å². The molecule has 42 heavy (non-hydrogen) atoms.